The van der Waals surface area contributed by atoms with E-state index >= 15 is 0 Å². The molecule has 0 aliphatic carbocycles. The molecular formula is C14H23N3O2. The van der Waals surface area contributed by atoms with Gasteiger partial charge in [0.2, 0.25) is 0 Å². The van der Waals surface area contributed by atoms with Crippen molar-refractivity contribution in [3.05, 3.63) is 24.0 Å². The largest absolute Gasteiger partial charge is 0.385 e. The molecule has 0 bridgehead atoms. The Morgan fingerprint density at radius 1 is 1.32 bits per heavy atom. The minimum Gasteiger partial charge on any atom is -0.385 e. The van der Waals surface area contributed by atoms with Gasteiger partial charge in [-0.15, -0.1) is 0 Å². The van der Waals surface area contributed by atoms with Crippen LogP contribution in [0.2, 0.25) is 0 Å². The van der Waals surface area contributed by atoms with Gasteiger partial charge in [-0.25, -0.2) is 4.98 Å². The third kappa shape index (κ3) is 6.20. The Labute approximate surface area is 114 Å². The van der Waals surface area contributed by atoms with Crippen LogP contribution in [-0.4, -0.2) is 37.7 Å². The Kier molecular flexibility index (Phi) is 7.58. The summed E-state index contributed by atoms with van der Waals surface area (Å²) < 4.78 is 4.97. The second-order valence-corrected chi connectivity index (χ2v) is 4.27. The maximum absolute atomic E-state index is 11.8. The van der Waals surface area contributed by atoms with Crippen molar-refractivity contribution in [2.24, 2.45) is 0 Å². The average molecular weight is 265 g/mol. The predicted octanol–water partition coefficient (Wildman–Crippen LogP) is 2.06. The maximum atomic E-state index is 11.8. The van der Waals surface area contributed by atoms with E-state index in [0.717, 1.165) is 38.1 Å². The molecule has 0 atom stereocenters. The molecule has 0 saturated heterocycles. The topological polar surface area (TPSA) is 63.2 Å². The van der Waals surface area contributed by atoms with E-state index in [-0.39, 0.29) is 5.91 Å². The first-order chi connectivity index (χ1) is 9.27. The standard InChI is InChI=1S/C14H23N3O2/c1-3-15-12-7-8-13(17-11-12)14(18)16-9-5-4-6-10-19-2/h7-8,11,15H,3-6,9-10H2,1-2H3,(H,16,18). The van der Waals surface area contributed by atoms with E-state index in [1.165, 1.54) is 0 Å². The number of carbonyl (C=O) groups excluding carboxylic acids is 1. The summed E-state index contributed by atoms with van der Waals surface area (Å²) in [5, 5.41) is 6.00. The SMILES string of the molecule is CCNc1ccc(C(=O)NCCCCCOC)nc1. The molecule has 106 valence electrons. The summed E-state index contributed by atoms with van der Waals surface area (Å²) in [7, 11) is 1.70. The van der Waals surface area contributed by atoms with Crippen LogP contribution in [0, 0.1) is 0 Å². The molecule has 0 aliphatic heterocycles. The highest BCUT2D eigenvalue weighted by Crippen LogP contribution is 2.05. The molecule has 1 rings (SSSR count). The number of pyridine rings is 1. The highest BCUT2D eigenvalue weighted by Gasteiger charge is 2.05. The molecule has 0 aliphatic rings. The van der Waals surface area contributed by atoms with Gasteiger partial charge in [-0.2, -0.15) is 0 Å². The molecule has 2 N–H and O–H groups in total. The molecule has 1 heterocycles. The minimum absolute atomic E-state index is 0.116. The Morgan fingerprint density at radius 3 is 2.79 bits per heavy atom. The number of nitrogens with zero attached hydrogens (tertiary/aromatic N) is 1. The van der Waals surface area contributed by atoms with Gasteiger partial charge >= 0.3 is 0 Å². The van der Waals surface area contributed by atoms with Gasteiger partial charge in [-0.3, -0.25) is 4.79 Å². The number of hydrogen-bond donors (Lipinski definition) is 2. The molecule has 0 aromatic carbocycles. The van der Waals surface area contributed by atoms with Crippen LogP contribution in [0.3, 0.4) is 0 Å². The number of anilines is 1. The zero-order valence-corrected chi connectivity index (χ0v) is 11.7. The van der Waals surface area contributed by atoms with Crippen molar-refractivity contribution in [1.82, 2.24) is 10.3 Å². The van der Waals surface area contributed by atoms with E-state index in [2.05, 4.69) is 15.6 Å². The Hall–Kier alpha value is -1.62. The van der Waals surface area contributed by atoms with Gasteiger partial charge in [0.05, 0.1) is 11.9 Å². The van der Waals surface area contributed by atoms with Gasteiger partial charge in [0.1, 0.15) is 5.69 Å². The van der Waals surface area contributed by atoms with Gasteiger partial charge < -0.3 is 15.4 Å². The van der Waals surface area contributed by atoms with Gasteiger partial charge in [0.15, 0.2) is 0 Å². The van der Waals surface area contributed by atoms with Crippen molar-refractivity contribution in [3.63, 3.8) is 0 Å². The van der Waals surface area contributed by atoms with Crippen LogP contribution >= 0.6 is 0 Å². The molecule has 0 radical (unpaired) electrons. The van der Waals surface area contributed by atoms with Crippen LogP contribution in [0.25, 0.3) is 0 Å². The van der Waals surface area contributed by atoms with E-state index in [9.17, 15) is 4.79 Å². The van der Waals surface area contributed by atoms with Gasteiger partial charge in [-0.05, 0) is 38.3 Å². The predicted molar refractivity (Wildman–Crippen MR) is 76.5 cm³/mol. The van der Waals surface area contributed by atoms with Crippen molar-refractivity contribution in [1.29, 1.82) is 0 Å². The van der Waals surface area contributed by atoms with E-state index in [1.807, 2.05) is 13.0 Å². The van der Waals surface area contributed by atoms with Gasteiger partial charge in [0, 0.05) is 26.8 Å². The lowest BCUT2D eigenvalue weighted by Crippen LogP contribution is -2.25. The fourth-order valence-corrected chi connectivity index (χ4v) is 1.68. The van der Waals surface area contributed by atoms with Crippen LogP contribution in [0.1, 0.15) is 36.7 Å². The lowest BCUT2D eigenvalue weighted by atomic mass is 10.2. The number of amides is 1. The van der Waals surface area contributed by atoms with Crippen LogP contribution in [-0.2, 0) is 4.74 Å². The number of unbranched alkanes of at least 4 members (excludes halogenated alkanes) is 2. The van der Waals surface area contributed by atoms with E-state index in [4.69, 9.17) is 4.74 Å². The smallest absolute Gasteiger partial charge is 0.269 e. The lowest BCUT2D eigenvalue weighted by Gasteiger charge is -2.06. The number of nitrogens with one attached hydrogen (secondary N) is 2. The third-order valence-electron chi connectivity index (χ3n) is 2.69. The van der Waals surface area contributed by atoms with Crippen molar-refractivity contribution in [2.45, 2.75) is 26.2 Å². The number of hydrogen-bond acceptors (Lipinski definition) is 4. The molecule has 0 unspecified atom stereocenters. The maximum Gasteiger partial charge on any atom is 0.269 e. The average Bonchev–Trinajstić information content (AvgIpc) is 2.43. The number of methoxy groups -OCH3 is 1. The highest BCUT2D eigenvalue weighted by atomic mass is 16.5. The van der Waals surface area contributed by atoms with Crippen LogP contribution in [0.15, 0.2) is 18.3 Å². The molecule has 0 spiro atoms. The number of rotatable bonds is 9. The van der Waals surface area contributed by atoms with E-state index in [0.29, 0.717) is 12.2 Å². The summed E-state index contributed by atoms with van der Waals surface area (Å²) in [6.45, 7) is 4.32. The molecule has 19 heavy (non-hydrogen) atoms. The third-order valence-corrected chi connectivity index (χ3v) is 2.69. The summed E-state index contributed by atoms with van der Waals surface area (Å²) in [4.78, 5) is 15.9. The van der Waals surface area contributed by atoms with Crippen LogP contribution in [0.4, 0.5) is 5.69 Å². The summed E-state index contributed by atoms with van der Waals surface area (Å²) in [5.41, 5.74) is 1.39. The molecule has 0 saturated carbocycles. The number of aromatic nitrogens is 1. The molecule has 1 amide bonds. The molecule has 5 nitrogen and oxygen atoms in total. The van der Waals surface area contributed by atoms with Crippen molar-refractivity contribution >= 4 is 11.6 Å². The number of carbonyl (C=O) groups is 1. The van der Waals surface area contributed by atoms with Crippen molar-refractivity contribution in [3.8, 4) is 0 Å². The Morgan fingerprint density at radius 2 is 2.16 bits per heavy atom. The first kappa shape index (κ1) is 15.4. The zero-order chi connectivity index (χ0) is 13.9. The van der Waals surface area contributed by atoms with E-state index < -0.39 is 0 Å². The fraction of sp³-hybridized carbons (Fsp3) is 0.571. The van der Waals surface area contributed by atoms with Crippen LogP contribution in [0.5, 0.6) is 0 Å². The van der Waals surface area contributed by atoms with E-state index in [1.54, 1.807) is 19.4 Å². The normalized spacial score (nSPS) is 10.2. The molecule has 1 aromatic heterocycles. The Bertz CT molecular complexity index is 365. The molecule has 0 fully saturated rings. The van der Waals surface area contributed by atoms with Crippen molar-refractivity contribution in [2.75, 3.05) is 32.1 Å². The monoisotopic (exact) mass is 265 g/mol. The Balaban J connectivity index is 2.25. The first-order valence-electron chi connectivity index (χ1n) is 6.75. The summed E-state index contributed by atoms with van der Waals surface area (Å²) >= 11 is 0. The van der Waals surface area contributed by atoms with Crippen LogP contribution < -0.4 is 10.6 Å². The lowest BCUT2D eigenvalue weighted by molar-refractivity contribution is 0.0947. The molecule has 5 heteroatoms. The highest BCUT2D eigenvalue weighted by molar-refractivity contribution is 5.92. The van der Waals surface area contributed by atoms with Gasteiger partial charge in [0.25, 0.3) is 5.91 Å². The molecular weight excluding hydrogens is 242 g/mol. The summed E-state index contributed by atoms with van der Waals surface area (Å²) in [6, 6.07) is 3.60. The van der Waals surface area contributed by atoms with Gasteiger partial charge in [-0.1, -0.05) is 0 Å². The first-order valence-corrected chi connectivity index (χ1v) is 6.75. The zero-order valence-electron chi connectivity index (χ0n) is 11.7. The quantitative estimate of drug-likeness (QED) is 0.671. The second-order valence-electron chi connectivity index (χ2n) is 4.27. The minimum atomic E-state index is -0.116. The second kappa shape index (κ2) is 9.33. The van der Waals surface area contributed by atoms with Crippen molar-refractivity contribution < 1.29 is 9.53 Å². The number of ether oxygens (including phenoxy) is 1. The fourth-order valence-electron chi connectivity index (χ4n) is 1.68. The molecule has 1 aromatic rings. The summed E-state index contributed by atoms with van der Waals surface area (Å²) in [6.07, 6.45) is 4.73. The summed E-state index contributed by atoms with van der Waals surface area (Å²) in [5.74, 6) is -0.116.